The SMILES string of the molecule is COc1cc(/C=N\NC(=O)c2ccc(C)c(Cl)c2)ccc1OCC#N. The van der Waals surface area contributed by atoms with Crippen molar-refractivity contribution < 1.29 is 14.3 Å². The number of methoxy groups -OCH3 is 1. The largest absolute Gasteiger partial charge is 0.493 e. The first-order valence-electron chi connectivity index (χ1n) is 7.32. The van der Waals surface area contributed by atoms with E-state index in [-0.39, 0.29) is 12.5 Å². The number of benzene rings is 2. The van der Waals surface area contributed by atoms with Crippen LogP contribution in [-0.2, 0) is 0 Å². The Morgan fingerprint density at radius 3 is 2.80 bits per heavy atom. The van der Waals surface area contributed by atoms with E-state index in [0.29, 0.717) is 27.6 Å². The molecule has 2 aromatic carbocycles. The topological polar surface area (TPSA) is 83.7 Å². The number of ether oxygens (including phenoxy) is 2. The second kappa shape index (κ2) is 8.71. The van der Waals surface area contributed by atoms with Crippen molar-refractivity contribution in [3.8, 4) is 17.6 Å². The van der Waals surface area contributed by atoms with E-state index in [4.69, 9.17) is 26.3 Å². The summed E-state index contributed by atoms with van der Waals surface area (Å²) < 4.78 is 10.4. The maximum absolute atomic E-state index is 12.0. The summed E-state index contributed by atoms with van der Waals surface area (Å²) in [6, 6.07) is 12.0. The summed E-state index contributed by atoms with van der Waals surface area (Å²) in [5.74, 6) is 0.564. The van der Waals surface area contributed by atoms with Gasteiger partial charge in [0.15, 0.2) is 18.1 Å². The van der Waals surface area contributed by atoms with E-state index in [1.807, 2.05) is 13.0 Å². The lowest BCUT2D eigenvalue weighted by Gasteiger charge is -2.08. The molecule has 0 aliphatic heterocycles. The van der Waals surface area contributed by atoms with Gasteiger partial charge in [-0.3, -0.25) is 4.79 Å². The van der Waals surface area contributed by atoms with Crippen molar-refractivity contribution in [3.63, 3.8) is 0 Å². The zero-order valence-corrected chi connectivity index (χ0v) is 14.5. The summed E-state index contributed by atoms with van der Waals surface area (Å²) in [7, 11) is 1.50. The summed E-state index contributed by atoms with van der Waals surface area (Å²) in [4.78, 5) is 12.0. The normalized spacial score (nSPS) is 10.3. The number of amides is 1. The van der Waals surface area contributed by atoms with E-state index in [0.717, 1.165) is 5.56 Å². The number of aryl methyl sites for hydroxylation is 1. The Bertz CT molecular complexity index is 844. The van der Waals surface area contributed by atoms with Crippen LogP contribution in [-0.4, -0.2) is 25.8 Å². The summed E-state index contributed by atoms with van der Waals surface area (Å²) in [6.45, 7) is 1.79. The number of halogens is 1. The zero-order valence-electron chi connectivity index (χ0n) is 13.7. The highest BCUT2D eigenvalue weighted by atomic mass is 35.5. The predicted molar refractivity (Wildman–Crippen MR) is 95.4 cm³/mol. The molecule has 0 radical (unpaired) electrons. The molecule has 0 spiro atoms. The van der Waals surface area contributed by atoms with Gasteiger partial charge in [-0.1, -0.05) is 17.7 Å². The standard InChI is InChI=1S/C18H16ClN3O3/c1-12-3-5-14(10-15(12)19)18(23)22-21-11-13-4-6-16(25-8-7-20)17(9-13)24-2/h3-6,9-11H,8H2,1-2H3,(H,22,23)/b21-11-. The van der Waals surface area contributed by atoms with Crippen molar-refractivity contribution >= 4 is 23.7 Å². The van der Waals surface area contributed by atoms with Crippen molar-refractivity contribution in [3.05, 3.63) is 58.1 Å². The van der Waals surface area contributed by atoms with Gasteiger partial charge in [0.1, 0.15) is 6.07 Å². The van der Waals surface area contributed by atoms with E-state index in [1.54, 1.807) is 36.4 Å². The molecule has 0 aliphatic rings. The van der Waals surface area contributed by atoms with Crippen molar-refractivity contribution in [2.45, 2.75) is 6.92 Å². The van der Waals surface area contributed by atoms with Crippen LogP contribution < -0.4 is 14.9 Å². The lowest BCUT2D eigenvalue weighted by Crippen LogP contribution is -2.17. The highest BCUT2D eigenvalue weighted by molar-refractivity contribution is 6.31. The molecule has 6 nitrogen and oxygen atoms in total. The average Bonchev–Trinajstić information content (AvgIpc) is 2.62. The first kappa shape index (κ1) is 18.3. The zero-order chi connectivity index (χ0) is 18.2. The van der Waals surface area contributed by atoms with Crippen LogP contribution in [0, 0.1) is 18.3 Å². The average molecular weight is 358 g/mol. The van der Waals surface area contributed by atoms with E-state index in [1.165, 1.54) is 13.3 Å². The van der Waals surface area contributed by atoms with Gasteiger partial charge in [0.05, 0.1) is 13.3 Å². The minimum absolute atomic E-state index is 0.0705. The Labute approximate surface area is 150 Å². The number of nitriles is 1. The molecule has 2 aromatic rings. The molecule has 2 rings (SSSR count). The lowest BCUT2D eigenvalue weighted by atomic mass is 10.1. The van der Waals surface area contributed by atoms with Crippen LogP contribution in [0.5, 0.6) is 11.5 Å². The van der Waals surface area contributed by atoms with Crippen LogP contribution in [0.15, 0.2) is 41.5 Å². The van der Waals surface area contributed by atoms with E-state index in [2.05, 4.69) is 10.5 Å². The fourth-order valence-corrected chi connectivity index (χ4v) is 2.14. The first-order chi connectivity index (χ1) is 12.0. The number of carbonyl (C=O) groups excluding carboxylic acids is 1. The minimum Gasteiger partial charge on any atom is -0.493 e. The van der Waals surface area contributed by atoms with Crippen molar-refractivity contribution in [2.75, 3.05) is 13.7 Å². The molecule has 25 heavy (non-hydrogen) atoms. The fourth-order valence-electron chi connectivity index (χ4n) is 1.96. The molecule has 1 N–H and O–H groups in total. The maximum atomic E-state index is 12.0. The molecule has 0 unspecified atom stereocenters. The monoisotopic (exact) mass is 357 g/mol. The number of carbonyl (C=O) groups is 1. The van der Waals surface area contributed by atoms with Gasteiger partial charge in [-0.25, -0.2) is 5.43 Å². The Kier molecular flexibility index (Phi) is 6.38. The van der Waals surface area contributed by atoms with E-state index in [9.17, 15) is 4.79 Å². The molecule has 0 fully saturated rings. The third kappa shape index (κ3) is 4.96. The number of hydrogen-bond acceptors (Lipinski definition) is 5. The second-order valence-electron chi connectivity index (χ2n) is 5.02. The van der Waals surface area contributed by atoms with Crippen LogP contribution in [0.3, 0.4) is 0 Å². The first-order valence-corrected chi connectivity index (χ1v) is 7.70. The second-order valence-corrected chi connectivity index (χ2v) is 5.43. The van der Waals surface area contributed by atoms with Crippen LogP contribution in [0.2, 0.25) is 5.02 Å². The third-order valence-corrected chi connectivity index (χ3v) is 3.70. The molecule has 0 aromatic heterocycles. The Morgan fingerprint density at radius 2 is 2.12 bits per heavy atom. The molecule has 0 saturated carbocycles. The molecule has 128 valence electrons. The third-order valence-electron chi connectivity index (χ3n) is 3.29. The van der Waals surface area contributed by atoms with Crippen LogP contribution in [0.1, 0.15) is 21.5 Å². The summed E-state index contributed by atoms with van der Waals surface area (Å²) in [5.41, 5.74) is 4.45. The Hall–Kier alpha value is -3.04. The summed E-state index contributed by atoms with van der Waals surface area (Å²) in [6.07, 6.45) is 1.48. The van der Waals surface area contributed by atoms with Crippen molar-refractivity contribution in [1.29, 1.82) is 5.26 Å². The molecule has 1 amide bonds. The van der Waals surface area contributed by atoms with Crippen molar-refractivity contribution in [2.24, 2.45) is 5.10 Å². The number of rotatable bonds is 6. The molecular weight excluding hydrogens is 342 g/mol. The van der Waals surface area contributed by atoms with Gasteiger partial charge in [0, 0.05) is 10.6 Å². The van der Waals surface area contributed by atoms with Crippen LogP contribution in [0.25, 0.3) is 0 Å². The number of nitrogens with one attached hydrogen (secondary N) is 1. The van der Waals surface area contributed by atoms with Gasteiger partial charge < -0.3 is 9.47 Å². The lowest BCUT2D eigenvalue weighted by molar-refractivity contribution is 0.0955. The van der Waals surface area contributed by atoms with Gasteiger partial charge in [-0.05, 0) is 48.4 Å². The molecule has 0 heterocycles. The number of hydrazone groups is 1. The quantitative estimate of drug-likeness (QED) is 0.635. The van der Waals surface area contributed by atoms with Gasteiger partial charge >= 0.3 is 0 Å². The molecule has 7 heteroatoms. The van der Waals surface area contributed by atoms with Crippen LogP contribution >= 0.6 is 11.6 Å². The maximum Gasteiger partial charge on any atom is 0.271 e. The van der Waals surface area contributed by atoms with Crippen molar-refractivity contribution in [1.82, 2.24) is 5.43 Å². The predicted octanol–water partition coefficient (Wildman–Crippen LogP) is 3.32. The Morgan fingerprint density at radius 1 is 1.32 bits per heavy atom. The van der Waals surface area contributed by atoms with E-state index >= 15 is 0 Å². The molecule has 0 saturated heterocycles. The number of hydrogen-bond donors (Lipinski definition) is 1. The summed E-state index contributed by atoms with van der Waals surface area (Å²) >= 11 is 6.01. The molecular formula is C18H16ClN3O3. The van der Waals surface area contributed by atoms with E-state index < -0.39 is 0 Å². The molecule has 0 atom stereocenters. The summed E-state index contributed by atoms with van der Waals surface area (Å²) in [5, 5.41) is 13.0. The minimum atomic E-state index is -0.362. The fraction of sp³-hybridized carbons (Fsp3) is 0.167. The van der Waals surface area contributed by atoms with Gasteiger partial charge in [0.25, 0.3) is 5.91 Å². The van der Waals surface area contributed by atoms with Gasteiger partial charge in [-0.15, -0.1) is 0 Å². The highest BCUT2D eigenvalue weighted by Crippen LogP contribution is 2.27. The number of nitrogens with zero attached hydrogens (tertiary/aromatic N) is 2. The molecule has 0 bridgehead atoms. The molecule has 0 aliphatic carbocycles. The van der Waals surface area contributed by atoms with Crippen LogP contribution in [0.4, 0.5) is 0 Å². The smallest absolute Gasteiger partial charge is 0.271 e. The highest BCUT2D eigenvalue weighted by Gasteiger charge is 2.07. The Balaban J connectivity index is 2.05. The van der Waals surface area contributed by atoms with Gasteiger partial charge in [-0.2, -0.15) is 10.4 Å². The van der Waals surface area contributed by atoms with Gasteiger partial charge in [0.2, 0.25) is 0 Å².